The third-order valence-corrected chi connectivity index (χ3v) is 4.52. The van der Waals surface area contributed by atoms with E-state index in [2.05, 4.69) is 4.90 Å². The first-order chi connectivity index (χ1) is 8.86. The Morgan fingerprint density at radius 1 is 1.00 bits per heavy atom. The lowest BCUT2D eigenvalue weighted by molar-refractivity contribution is 0.0390. The maximum absolute atomic E-state index is 12.6. The minimum absolute atomic E-state index is 0.243. The van der Waals surface area contributed by atoms with Gasteiger partial charge in [-0.05, 0) is 43.7 Å². The Kier molecular flexibility index (Phi) is 3.35. The first kappa shape index (κ1) is 11.8. The minimum Gasteiger partial charge on any atom is -0.335 e. The summed E-state index contributed by atoms with van der Waals surface area (Å²) in [6.07, 6.45) is 7.68. The topological polar surface area (TPSA) is 20.3 Å². The van der Waals surface area contributed by atoms with Crippen LogP contribution in [0.25, 0.3) is 0 Å². The Morgan fingerprint density at radius 2 is 1.72 bits per heavy atom. The van der Waals surface area contributed by atoms with Crippen molar-refractivity contribution in [3.05, 3.63) is 35.9 Å². The van der Waals surface area contributed by atoms with Crippen LogP contribution in [0.1, 0.15) is 48.9 Å². The number of benzene rings is 1. The molecular weight excluding hydrogens is 222 g/mol. The van der Waals surface area contributed by atoms with Gasteiger partial charge in [-0.1, -0.05) is 31.0 Å². The number of piperidine rings is 1. The van der Waals surface area contributed by atoms with Crippen molar-refractivity contribution in [2.24, 2.45) is 5.92 Å². The average molecular weight is 243 g/mol. The number of amides is 1. The molecule has 2 unspecified atom stereocenters. The molecule has 0 aromatic heterocycles. The Morgan fingerprint density at radius 3 is 2.56 bits per heavy atom. The molecule has 1 aliphatic heterocycles. The smallest absolute Gasteiger partial charge is 0.254 e. The lowest BCUT2D eigenvalue weighted by Gasteiger charge is -2.44. The lowest BCUT2D eigenvalue weighted by atomic mass is 9.78. The van der Waals surface area contributed by atoms with Gasteiger partial charge in [0, 0.05) is 18.2 Å². The van der Waals surface area contributed by atoms with Crippen molar-refractivity contribution < 1.29 is 4.79 Å². The molecule has 1 aliphatic carbocycles. The van der Waals surface area contributed by atoms with Crippen molar-refractivity contribution in [3.63, 3.8) is 0 Å². The monoisotopic (exact) mass is 243 g/mol. The normalized spacial score (nSPS) is 27.7. The molecule has 1 saturated heterocycles. The Bertz CT molecular complexity index is 412. The molecule has 0 spiro atoms. The van der Waals surface area contributed by atoms with Crippen molar-refractivity contribution >= 4 is 5.91 Å². The van der Waals surface area contributed by atoms with Crippen LogP contribution in [0.3, 0.4) is 0 Å². The highest BCUT2D eigenvalue weighted by Crippen LogP contribution is 2.35. The second kappa shape index (κ2) is 5.13. The molecule has 2 atom stereocenters. The first-order valence-electron chi connectivity index (χ1n) is 7.22. The van der Waals surface area contributed by atoms with E-state index in [0.717, 1.165) is 18.0 Å². The number of hydrogen-bond donors (Lipinski definition) is 0. The highest BCUT2D eigenvalue weighted by Gasteiger charge is 2.35. The maximum Gasteiger partial charge on any atom is 0.254 e. The number of hydrogen-bond acceptors (Lipinski definition) is 1. The molecular formula is C16H21NO. The standard InChI is InChI=1S/C16H21NO/c18-16(14-8-2-1-3-9-14)17-12-6-10-13-7-4-5-11-15(13)17/h1-3,8-9,13,15H,4-7,10-12H2. The van der Waals surface area contributed by atoms with Crippen molar-refractivity contribution in [2.45, 2.75) is 44.6 Å². The van der Waals surface area contributed by atoms with Crippen LogP contribution in [0.2, 0.25) is 0 Å². The maximum atomic E-state index is 12.6. The van der Waals surface area contributed by atoms with Crippen LogP contribution in [0.4, 0.5) is 0 Å². The minimum atomic E-state index is 0.243. The van der Waals surface area contributed by atoms with Crippen LogP contribution in [-0.4, -0.2) is 23.4 Å². The summed E-state index contributed by atoms with van der Waals surface area (Å²) in [6.45, 7) is 0.953. The van der Waals surface area contributed by atoms with E-state index >= 15 is 0 Å². The molecule has 2 aliphatic rings. The van der Waals surface area contributed by atoms with Crippen LogP contribution in [0, 0.1) is 5.92 Å². The fourth-order valence-corrected chi connectivity index (χ4v) is 3.62. The summed E-state index contributed by atoms with van der Waals surface area (Å²) in [7, 11) is 0. The van der Waals surface area contributed by atoms with E-state index in [4.69, 9.17) is 0 Å². The van der Waals surface area contributed by atoms with Crippen molar-refractivity contribution in [1.29, 1.82) is 0 Å². The molecule has 0 N–H and O–H groups in total. The quantitative estimate of drug-likeness (QED) is 0.739. The summed E-state index contributed by atoms with van der Waals surface area (Å²) < 4.78 is 0. The molecule has 3 rings (SSSR count). The van der Waals surface area contributed by atoms with E-state index < -0.39 is 0 Å². The molecule has 1 amide bonds. The van der Waals surface area contributed by atoms with Gasteiger partial charge in [0.05, 0.1) is 0 Å². The Balaban J connectivity index is 1.80. The Hall–Kier alpha value is -1.31. The summed E-state index contributed by atoms with van der Waals surface area (Å²) in [5.41, 5.74) is 0.851. The van der Waals surface area contributed by atoms with E-state index in [9.17, 15) is 4.79 Å². The second-order valence-electron chi connectivity index (χ2n) is 5.62. The van der Waals surface area contributed by atoms with Gasteiger partial charge in [0.2, 0.25) is 0 Å². The van der Waals surface area contributed by atoms with Crippen LogP contribution >= 0.6 is 0 Å². The van der Waals surface area contributed by atoms with E-state index in [1.54, 1.807) is 0 Å². The highest BCUT2D eigenvalue weighted by atomic mass is 16.2. The fourth-order valence-electron chi connectivity index (χ4n) is 3.62. The van der Waals surface area contributed by atoms with E-state index in [1.165, 1.54) is 38.5 Å². The zero-order valence-corrected chi connectivity index (χ0v) is 10.8. The molecule has 1 saturated carbocycles. The van der Waals surface area contributed by atoms with Gasteiger partial charge in [0.15, 0.2) is 0 Å². The number of fused-ring (bicyclic) bond motifs is 1. The van der Waals surface area contributed by atoms with Crippen LogP contribution in [0.5, 0.6) is 0 Å². The molecule has 1 heterocycles. The molecule has 2 nitrogen and oxygen atoms in total. The largest absolute Gasteiger partial charge is 0.335 e. The predicted molar refractivity (Wildman–Crippen MR) is 72.5 cm³/mol. The van der Waals surface area contributed by atoms with E-state index in [1.807, 2.05) is 30.3 Å². The van der Waals surface area contributed by atoms with Gasteiger partial charge >= 0.3 is 0 Å². The molecule has 96 valence electrons. The van der Waals surface area contributed by atoms with Gasteiger partial charge in [-0.2, -0.15) is 0 Å². The van der Waals surface area contributed by atoms with Gasteiger partial charge in [-0.3, -0.25) is 4.79 Å². The summed E-state index contributed by atoms with van der Waals surface area (Å²) in [4.78, 5) is 14.7. The van der Waals surface area contributed by atoms with Gasteiger partial charge in [-0.25, -0.2) is 0 Å². The second-order valence-corrected chi connectivity index (χ2v) is 5.62. The summed E-state index contributed by atoms with van der Waals surface area (Å²) >= 11 is 0. The molecule has 1 aromatic carbocycles. The van der Waals surface area contributed by atoms with E-state index in [-0.39, 0.29) is 5.91 Å². The number of likely N-dealkylation sites (tertiary alicyclic amines) is 1. The number of carbonyl (C=O) groups is 1. The lowest BCUT2D eigenvalue weighted by Crippen LogP contribution is -2.49. The summed E-state index contributed by atoms with van der Waals surface area (Å²) in [6, 6.07) is 10.3. The van der Waals surface area contributed by atoms with Gasteiger partial charge in [0.25, 0.3) is 5.91 Å². The van der Waals surface area contributed by atoms with Crippen molar-refractivity contribution in [2.75, 3.05) is 6.54 Å². The van der Waals surface area contributed by atoms with Gasteiger partial charge in [-0.15, -0.1) is 0 Å². The third kappa shape index (κ3) is 2.16. The third-order valence-electron chi connectivity index (χ3n) is 4.52. The molecule has 2 fully saturated rings. The number of nitrogens with zero attached hydrogens (tertiary/aromatic N) is 1. The predicted octanol–water partition coefficient (Wildman–Crippen LogP) is 3.48. The Labute approximate surface area is 109 Å². The van der Waals surface area contributed by atoms with Crippen molar-refractivity contribution in [1.82, 2.24) is 4.90 Å². The molecule has 1 aromatic rings. The summed E-state index contributed by atoms with van der Waals surface area (Å²) in [5.74, 6) is 1.01. The molecule has 2 heteroatoms. The number of carbonyl (C=O) groups excluding carboxylic acids is 1. The zero-order chi connectivity index (χ0) is 12.4. The fraction of sp³-hybridized carbons (Fsp3) is 0.562. The SMILES string of the molecule is O=C(c1ccccc1)N1CCCC2CCCCC21. The molecule has 0 bridgehead atoms. The van der Waals surface area contributed by atoms with Crippen LogP contribution in [0.15, 0.2) is 30.3 Å². The summed E-state index contributed by atoms with van der Waals surface area (Å²) in [5, 5.41) is 0. The first-order valence-corrected chi connectivity index (χ1v) is 7.22. The van der Waals surface area contributed by atoms with Crippen LogP contribution in [-0.2, 0) is 0 Å². The average Bonchev–Trinajstić information content (AvgIpc) is 2.47. The van der Waals surface area contributed by atoms with Gasteiger partial charge < -0.3 is 4.90 Å². The van der Waals surface area contributed by atoms with E-state index in [0.29, 0.717) is 6.04 Å². The highest BCUT2D eigenvalue weighted by molar-refractivity contribution is 5.94. The molecule has 18 heavy (non-hydrogen) atoms. The van der Waals surface area contributed by atoms with Gasteiger partial charge in [0.1, 0.15) is 0 Å². The zero-order valence-electron chi connectivity index (χ0n) is 10.8. The van der Waals surface area contributed by atoms with Crippen LogP contribution < -0.4 is 0 Å². The molecule has 0 radical (unpaired) electrons. The number of rotatable bonds is 1. The van der Waals surface area contributed by atoms with Crippen molar-refractivity contribution in [3.8, 4) is 0 Å².